The molecule has 0 spiro atoms. The fraction of sp³-hybridized carbons (Fsp3) is 0.321. The van der Waals surface area contributed by atoms with Gasteiger partial charge in [-0.25, -0.2) is 4.39 Å². The minimum absolute atomic E-state index is 0.215. The number of methoxy groups -OCH3 is 2. The molecule has 3 atom stereocenters. The van der Waals surface area contributed by atoms with Gasteiger partial charge in [0.1, 0.15) is 24.4 Å². The normalized spacial score (nSPS) is 23.8. The Bertz CT molecular complexity index is 1180. The van der Waals surface area contributed by atoms with Crippen LogP contribution in [0.5, 0.6) is 0 Å². The van der Waals surface area contributed by atoms with E-state index >= 15 is 0 Å². The number of hydrogen-bond donors (Lipinski definition) is 4. The molecule has 0 radical (unpaired) electrons. The number of anilines is 1. The largest absolute Gasteiger partial charge is 0.493 e. The van der Waals surface area contributed by atoms with Gasteiger partial charge >= 0.3 is 0 Å². The quantitative estimate of drug-likeness (QED) is 0.264. The first-order valence-electron chi connectivity index (χ1n) is 12.0. The van der Waals surface area contributed by atoms with E-state index in [1.54, 1.807) is 44.8 Å². The summed E-state index contributed by atoms with van der Waals surface area (Å²) in [5.41, 5.74) is 1.94. The van der Waals surface area contributed by atoms with Crippen molar-refractivity contribution in [3.8, 4) is 0 Å². The summed E-state index contributed by atoms with van der Waals surface area (Å²) < 4.78 is 29.8. The number of rotatable bonds is 11. The Morgan fingerprint density at radius 3 is 2.35 bits per heavy atom. The lowest BCUT2D eigenvalue weighted by molar-refractivity contribution is -0.00440. The Hall–Kier alpha value is -3.82. The molecule has 0 aliphatic heterocycles. The molecule has 0 saturated heterocycles. The molecule has 37 heavy (non-hydrogen) atoms. The SMILES string of the molecule is C=C/N=C1/C=C(OC)C(OC)=C/C1=C\OC1C=CC(NC(O)C2(C(O)Nc3ccc(F)cc3)CC2)=CC1. The van der Waals surface area contributed by atoms with Crippen molar-refractivity contribution >= 4 is 11.4 Å². The van der Waals surface area contributed by atoms with E-state index < -0.39 is 17.9 Å². The highest BCUT2D eigenvalue weighted by Crippen LogP contribution is 2.51. The van der Waals surface area contributed by atoms with Crippen LogP contribution in [0.2, 0.25) is 0 Å². The smallest absolute Gasteiger partial charge is 0.162 e. The molecule has 1 aromatic carbocycles. The topological polar surface area (TPSA) is 105 Å². The van der Waals surface area contributed by atoms with E-state index in [9.17, 15) is 14.6 Å². The second-order valence-corrected chi connectivity index (χ2v) is 8.96. The van der Waals surface area contributed by atoms with Crippen molar-refractivity contribution in [3.63, 3.8) is 0 Å². The van der Waals surface area contributed by atoms with Gasteiger partial charge in [-0.3, -0.25) is 4.99 Å². The minimum Gasteiger partial charge on any atom is -0.493 e. The number of hydrogen-bond acceptors (Lipinski definition) is 8. The first kappa shape index (κ1) is 26.2. The maximum Gasteiger partial charge on any atom is 0.162 e. The Labute approximate surface area is 215 Å². The Morgan fingerprint density at radius 1 is 1.08 bits per heavy atom. The molecule has 1 saturated carbocycles. The van der Waals surface area contributed by atoms with Crippen LogP contribution in [0.1, 0.15) is 19.3 Å². The summed E-state index contributed by atoms with van der Waals surface area (Å²) in [7, 11) is 3.12. The van der Waals surface area contributed by atoms with E-state index in [0.717, 1.165) is 5.70 Å². The van der Waals surface area contributed by atoms with Crippen LogP contribution < -0.4 is 10.6 Å². The molecular weight excluding hydrogens is 477 g/mol. The van der Waals surface area contributed by atoms with E-state index in [-0.39, 0.29) is 11.9 Å². The molecule has 3 aliphatic carbocycles. The molecule has 0 bridgehead atoms. The van der Waals surface area contributed by atoms with Gasteiger partial charge < -0.3 is 35.1 Å². The fourth-order valence-corrected chi connectivity index (χ4v) is 4.15. The first-order valence-corrected chi connectivity index (χ1v) is 12.0. The minimum atomic E-state index is -0.990. The van der Waals surface area contributed by atoms with Crippen LogP contribution in [-0.2, 0) is 14.2 Å². The summed E-state index contributed by atoms with van der Waals surface area (Å²) in [6.07, 6.45) is 12.0. The summed E-state index contributed by atoms with van der Waals surface area (Å²) in [6.45, 7) is 3.66. The molecule has 1 fully saturated rings. The fourth-order valence-electron chi connectivity index (χ4n) is 4.15. The molecule has 3 unspecified atom stereocenters. The third kappa shape index (κ3) is 6.12. The van der Waals surface area contributed by atoms with Gasteiger partial charge in [-0.1, -0.05) is 12.7 Å². The van der Waals surface area contributed by atoms with Crippen molar-refractivity contribution in [2.24, 2.45) is 10.4 Å². The molecule has 1 aromatic rings. The summed E-state index contributed by atoms with van der Waals surface area (Å²) in [4.78, 5) is 4.28. The number of nitrogens with one attached hydrogen (secondary N) is 2. The molecule has 196 valence electrons. The number of allylic oxidation sites excluding steroid dienone is 4. The third-order valence-electron chi connectivity index (χ3n) is 6.56. The van der Waals surface area contributed by atoms with Crippen molar-refractivity contribution in [1.29, 1.82) is 0 Å². The van der Waals surface area contributed by atoms with E-state index in [0.29, 0.717) is 47.8 Å². The van der Waals surface area contributed by atoms with Crippen LogP contribution in [0.25, 0.3) is 0 Å². The van der Waals surface area contributed by atoms with E-state index in [4.69, 9.17) is 14.2 Å². The number of benzene rings is 1. The molecule has 0 aromatic heterocycles. The summed E-state index contributed by atoms with van der Waals surface area (Å²) in [6, 6.07) is 5.73. The van der Waals surface area contributed by atoms with Crippen molar-refractivity contribution in [3.05, 3.63) is 102 Å². The number of aliphatic hydroxyl groups is 2. The van der Waals surface area contributed by atoms with E-state index in [2.05, 4.69) is 22.2 Å². The third-order valence-corrected chi connectivity index (χ3v) is 6.56. The zero-order chi connectivity index (χ0) is 26.4. The molecule has 4 rings (SSSR count). The second kappa shape index (κ2) is 11.5. The molecule has 0 heterocycles. The summed E-state index contributed by atoms with van der Waals surface area (Å²) in [5, 5.41) is 27.6. The standard InChI is InChI=1S/C28H32FN3O5/c1-4-30-23-16-25(36-3)24(35-2)15-18(23)17-37-22-11-9-21(10-12-22)32-27(34)28(13-14-28)26(33)31-20-7-5-19(29)6-8-20/h4-11,15-17,22,26-27,31-34H,1,12-14H2,2-3H3/b18-17+,30-23-. The van der Waals surface area contributed by atoms with Gasteiger partial charge in [-0.15, -0.1) is 0 Å². The lowest BCUT2D eigenvalue weighted by Gasteiger charge is -2.30. The maximum absolute atomic E-state index is 13.1. The predicted molar refractivity (Wildman–Crippen MR) is 139 cm³/mol. The van der Waals surface area contributed by atoms with E-state index in [1.165, 1.54) is 18.3 Å². The number of aliphatic imine (C=N–C) groups is 1. The highest BCUT2D eigenvalue weighted by molar-refractivity contribution is 6.12. The molecular formula is C28H32FN3O5. The van der Waals surface area contributed by atoms with E-state index in [1.807, 2.05) is 18.2 Å². The summed E-state index contributed by atoms with van der Waals surface area (Å²) >= 11 is 0. The molecule has 8 nitrogen and oxygen atoms in total. The Morgan fingerprint density at radius 2 is 1.76 bits per heavy atom. The van der Waals surface area contributed by atoms with Gasteiger partial charge in [0.25, 0.3) is 0 Å². The molecule has 0 amide bonds. The second-order valence-electron chi connectivity index (χ2n) is 8.96. The summed E-state index contributed by atoms with van der Waals surface area (Å²) in [5.74, 6) is 0.765. The lowest BCUT2D eigenvalue weighted by Crippen LogP contribution is -2.46. The average molecular weight is 510 g/mol. The first-order chi connectivity index (χ1) is 17.9. The Balaban J connectivity index is 1.33. The highest BCUT2D eigenvalue weighted by atomic mass is 19.1. The van der Waals surface area contributed by atoms with Crippen molar-refractivity contribution < 1.29 is 28.8 Å². The number of aliphatic hydroxyl groups excluding tert-OH is 2. The monoisotopic (exact) mass is 509 g/mol. The molecule has 9 heteroatoms. The number of ether oxygens (including phenoxy) is 3. The predicted octanol–water partition coefficient (Wildman–Crippen LogP) is 4.02. The molecule has 3 aliphatic rings. The van der Waals surface area contributed by atoms with Crippen LogP contribution in [-0.4, -0.2) is 48.7 Å². The van der Waals surface area contributed by atoms with Gasteiger partial charge in [-0.2, -0.15) is 0 Å². The van der Waals surface area contributed by atoms with Gasteiger partial charge in [-0.05, 0) is 55.3 Å². The highest BCUT2D eigenvalue weighted by Gasteiger charge is 2.55. The van der Waals surface area contributed by atoms with Crippen LogP contribution >= 0.6 is 0 Å². The molecule has 4 N–H and O–H groups in total. The number of halogens is 1. The maximum atomic E-state index is 13.1. The van der Waals surface area contributed by atoms with Crippen LogP contribution in [0, 0.1) is 11.2 Å². The van der Waals surface area contributed by atoms with Crippen LogP contribution in [0.15, 0.2) is 101 Å². The zero-order valence-electron chi connectivity index (χ0n) is 20.9. The lowest BCUT2D eigenvalue weighted by atomic mass is 10.0. The number of nitrogens with zero attached hydrogens (tertiary/aromatic N) is 1. The van der Waals surface area contributed by atoms with Gasteiger partial charge in [0.05, 0.1) is 31.6 Å². The van der Waals surface area contributed by atoms with Crippen molar-refractivity contribution in [1.82, 2.24) is 5.32 Å². The Kier molecular flexibility index (Phi) is 8.15. The van der Waals surface area contributed by atoms with Gasteiger partial charge in [0.15, 0.2) is 11.5 Å². The van der Waals surface area contributed by atoms with Gasteiger partial charge in [0, 0.05) is 35.7 Å². The van der Waals surface area contributed by atoms with Crippen molar-refractivity contribution in [2.75, 3.05) is 19.5 Å². The van der Waals surface area contributed by atoms with Crippen LogP contribution in [0.3, 0.4) is 0 Å². The van der Waals surface area contributed by atoms with Gasteiger partial charge in [0.2, 0.25) is 0 Å². The van der Waals surface area contributed by atoms with Crippen LogP contribution in [0.4, 0.5) is 10.1 Å². The average Bonchev–Trinajstić information content (AvgIpc) is 3.72. The van der Waals surface area contributed by atoms with Crippen molar-refractivity contribution in [2.45, 2.75) is 37.8 Å². The zero-order valence-corrected chi connectivity index (χ0v) is 20.9.